The number of benzene rings is 1. The average Bonchev–Trinajstić information content (AvgIpc) is 2.81. The summed E-state index contributed by atoms with van der Waals surface area (Å²) in [5, 5.41) is 9.26. The number of primary sulfonamides is 1. The standard InChI is InChI=1S/C14H20N4O4S2/c1-14(2,3)13-12(9-18(4)16-13)24(21,22)17-10-5-7-11(8-6-10)23(15,19)20/h5-9,17H,1-4H3,(H2,15,19,20). The third-order valence-electron chi connectivity index (χ3n) is 3.23. The maximum absolute atomic E-state index is 12.7. The Balaban J connectivity index is 2.40. The molecule has 8 nitrogen and oxygen atoms in total. The van der Waals surface area contributed by atoms with Crippen LogP contribution in [0.5, 0.6) is 0 Å². The molecular formula is C14H20N4O4S2. The van der Waals surface area contributed by atoms with Crippen LogP contribution >= 0.6 is 0 Å². The fourth-order valence-electron chi connectivity index (χ4n) is 2.11. The van der Waals surface area contributed by atoms with Crippen LogP contribution in [-0.4, -0.2) is 26.6 Å². The molecule has 0 saturated heterocycles. The number of aryl methyl sites for hydroxylation is 1. The molecule has 0 spiro atoms. The smallest absolute Gasteiger partial charge is 0.265 e. The summed E-state index contributed by atoms with van der Waals surface area (Å²) >= 11 is 0. The third-order valence-corrected chi connectivity index (χ3v) is 5.54. The first-order valence-corrected chi connectivity index (χ1v) is 10.0. The Bertz CT molecular complexity index is 953. The highest BCUT2D eigenvalue weighted by atomic mass is 32.2. The van der Waals surface area contributed by atoms with Crippen LogP contribution < -0.4 is 9.86 Å². The van der Waals surface area contributed by atoms with Gasteiger partial charge >= 0.3 is 0 Å². The lowest BCUT2D eigenvalue weighted by Gasteiger charge is -2.17. The van der Waals surface area contributed by atoms with Gasteiger partial charge in [-0.15, -0.1) is 0 Å². The number of hydrogen-bond acceptors (Lipinski definition) is 5. The van der Waals surface area contributed by atoms with E-state index in [2.05, 4.69) is 9.82 Å². The minimum atomic E-state index is -3.87. The summed E-state index contributed by atoms with van der Waals surface area (Å²) in [5.74, 6) is 0. The van der Waals surface area contributed by atoms with Crippen molar-refractivity contribution in [3.63, 3.8) is 0 Å². The monoisotopic (exact) mass is 372 g/mol. The second kappa shape index (κ2) is 5.87. The van der Waals surface area contributed by atoms with Gasteiger partial charge in [0.25, 0.3) is 10.0 Å². The summed E-state index contributed by atoms with van der Waals surface area (Å²) in [6.45, 7) is 5.61. The van der Waals surface area contributed by atoms with Gasteiger partial charge in [-0.1, -0.05) is 20.8 Å². The van der Waals surface area contributed by atoms with Gasteiger partial charge < -0.3 is 0 Å². The maximum Gasteiger partial charge on any atom is 0.265 e. The SMILES string of the molecule is Cn1cc(S(=O)(=O)Nc2ccc(S(N)(=O)=O)cc2)c(C(C)(C)C)n1. The molecule has 0 amide bonds. The predicted octanol–water partition coefficient (Wildman–Crippen LogP) is 1.17. The lowest BCUT2D eigenvalue weighted by atomic mass is 9.92. The first kappa shape index (κ1) is 18.4. The van der Waals surface area contributed by atoms with Crippen molar-refractivity contribution >= 4 is 25.7 Å². The Labute approximate surface area is 141 Å². The van der Waals surface area contributed by atoms with Crippen LogP contribution in [0.2, 0.25) is 0 Å². The van der Waals surface area contributed by atoms with E-state index in [0.29, 0.717) is 5.69 Å². The van der Waals surface area contributed by atoms with Crippen molar-refractivity contribution in [1.29, 1.82) is 0 Å². The van der Waals surface area contributed by atoms with Gasteiger partial charge in [0.15, 0.2) is 0 Å². The zero-order valence-corrected chi connectivity index (χ0v) is 15.4. The van der Waals surface area contributed by atoms with E-state index in [1.54, 1.807) is 7.05 Å². The summed E-state index contributed by atoms with van der Waals surface area (Å²) in [6, 6.07) is 5.15. The molecule has 0 unspecified atom stereocenters. The summed E-state index contributed by atoms with van der Waals surface area (Å²) < 4.78 is 51.7. The summed E-state index contributed by atoms with van der Waals surface area (Å²) in [4.78, 5) is -0.0183. The van der Waals surface area contributed by atoms with Crippen LogP contribution in [0.1, 0.15) is 26.5 Å². The van der Waals surface area contributed by atoms with Crippen LogP contribution in [0.3, 0.4) is 0 Å². The Hall–Kier alpha value is -1.91. The van der Waals surface area contributed by atoms with E-state index >= 15 is 0 Å². The van der Waals surface area contributed by atoms with E-state index in [1.807, 2.05) is 20.8 Å². The number of nitrogens with two attached hydrogens (primary N) is 1. The van der Waals surface area contributed by atoms with Crippen molar-refractivity contribution in [1.82, 2.24) is 9.78 Å². The fourth-order valence-corrected chi connectivity index (χ4v) is 4.07. The highest BCUT2D eigenvalue weighted by molar-refractivity contribution is 7.92. The van der Waals surface area contributed by atoms with E-state index < -0.39 is 25.5 Å². The van der Waals surface area contributed by atoms with E-state index in [4.69, 9.17) is 5.14 Å². The molecular weight excluding hydrogens is 352 g/mol. The van der Waals surface area contributed by atoms with Crippen molar-refractivity contribution in [3.8, 4) is 0 Å². The van der Waals surface area contributed by atoms with Gasteiger partial charge in [-0.05, 0) is 24.3 Å². The molecule has 1 heterocycles. The highest BCUT2D eigenvalue weighted by Gasteiger charge is 2.29. The number of rotatable bonds is 4. The Morgan fingerprint density at radius 3 is 2.08 bits per heavy atom. The molecule has 10 heteroatoms. The zero-order valence-electron chi connectivity index (χ0n) is 13.8. The quantitative estimate of drug-likeness (QED) is 0.833. The van der Waals surface area contributed by atoms with Gasteiger partial charge in [0.2, 0.25) is 10.0 Å². The van der Waals surface area contributed by atoms with E-state index in [1.165, 1.54) is 35.1 Å². The van der Waals surface area contributed by atoms with Crippen molar-refractivity contribution in [2.75, 3.05) is 4.72 Å². The van der Waals surface area contributed by atoms with Gasteiger partial charge in [-0.2, -0.15) is 5.10 Å². The number of sulfonamides is 2. The fraction of sp³-hybridized carbons (Fsp3) is 0.357. The summed E-state index contributed by atoms with van der Waals surface area (Å²) in [5.41, 5.74) is 0.216. The van der Waals surface area contributed by atoms with Crippen LogP contribution in [0, 0.1) is 0 Å². The van der Waals surface area contributed by atoms with E-state index in [0.717, 1.165) is 0 Å². The van der Waals surface area contributed by atoms with Crippen molar-refractivity contribution in [3.05, 3.63) is 36.2 Å². The van der Waals surface area contributed by atoms with E-state index in [9.17, 15) is 16.8 Å². The number of aromatic nitrogens is 2. The Kier molecular flexibility index (Phi) is 4.51. The van der Waals surface area contributed by atoms with Crippen molar-refractivity contribution < 1.29 is 16.8 Å². The summed E-state index contributed by atoms with van der Waals surface area (Å²) in [7, 11) is -6.05. The maximum atomic E-state index is 12.7. The number of nitrogens with one attached hydrogen (secondary N) is 1. The van der Waals surface area contributed by atoms with Gasteiger partial charge in [0.1, 0.15) is 4.90 Å². The molecule has 0 bridgehead atoms. The molecule has 0 radical (unpaired) electrons. The number of hydrogen-bond donors (Lipinski definition) is 2. The minimum absolute atomic E-state index is 0.0769. The van der Waals surface area contributed by atoms with Gasteiger partial charge in [0, 0.05) is 24.3 Å². The zero-order chi connectivity index (χ0) is 18.3. The van der Waals surface area contributed by atoms with Gasteiger partial charge in [-0.3, -0.25) is 9.40 Å². The molecule has 0 fully saturated rings. The van der Waals surface area contributed by atoms with Crippen molar-refractivity contribution in [2.45, 2.75) is 36.0 Å². The average molecular weight is 372 g/mol. The molecule has 3 N–H and O–H groups in total. The Morgan fingerprint density at radius 1 is 1.08 bits per heavy atom. The summed E-state index contributed by atoms with van der Waals surface area (Å²) in [6.07, 6.45) is 1.43. The Morgan fingerprint density at radius 2 is 1.62 bits per heavy atom. The second-order valence-electron chi connectivity index (χ2n) is 6.44. The largest absolute Gasteiger partial charge is 0.280 e. The molecule has 0 aliphatic rings. The lowest BCUT2D eigenvalue weighted by molar-refractivity contribution is 0.539. The molecule has 0 aliphatic heterocycles. The number of nitrogens with zero attached hydrogens (tertiary/aromatic N) is 2. The van der Waals surface area contributed by atoms with Crippen LogP contribution in [0.25, 0.3) is 0 Å². The van der Waals surface area contributed by atoms with Crippen LogP contribution in [0.4, 0.5) is 5.69 Å². The molecule has 24 heavy (non-hydrogen) atoms. The number of anilines is 1. The molecule has 2 aromatic rings. The topological polar surface area (TPSA) is 124 Å². The van der Waals surface area contributed by atoms with Crippen LogP contribution in [0.15, 0.2) is 40.3 Å². The molecule has 1 aromatic heterocycles. The molecule has 1 aromatic carbocycles. The molecule has 0 saturated carbocycles. The molecule has 0 atom stereocenters. The first-order chi connectivity index (χ1) is 10.8. The predicted molar refractivity (Wildman–Crippen MR) is 90.5 cm³/mol. The lowest BCUT2D eigenvalue weighted by Crippen LogP contribution is -2.20. The third kappa shape index (κ3) is 3.94. The van der Waals surface area contributed by atoms with Gasteiger partial charge in [0.05, 0.1) is 10.6 Å². The molecule has 2 rings (SSSR count). The highest BCUT2D eigenvalue weighted by Crippen LogP contribution is 2.28. The molecule has 0 aliphatic carbocycles. The van der Waals surface area contributed by atoms with Crippen LogP contribution in [-0.2, 0) is 32.5 Å². The van der Waals surface area contributed by atoms with E-state index in [-0.39, 0.29) is 15.5 Å². The van der Waals surface area contributed by atoms with Crippen molar-refractivity contribution in [2.24, 2.45) is 12.2 Å². The van der Waals surface area contributed by atoms with Gasteiger partial charge in [-0.25, -0.2) is 22.0 Å². The first-order valence-electron chi connectivity index (χ1n) is 7.00. The normalized spacial score (nSPS) is 13.0. The molecule has 132 valence electrons. The minimum Gasteiger partial charge on any atom is -0.280 e. The second-order valence-corrected chi connectivity index (χ2v) is 9.65.